The molecular weight excluding hydrogens is 282 g/mol. The average molecular weight is 311 g/mol. The highest BCUT2D eigenvalue weighted by Gasteiger charge is 2.01. The van der Waals surface area contributed by atoms with Crippen LogP contribution < -0.4 is 10.6 Å². The van der Waals surface area contributed by atoms with Gasteiger partial charge in [0.15, 0.2) is 5.96 Å². The lowest BCUT2D eigenvalue weighted by atomic mass is 10.4. The summed E-state index contributed by atoms with van der Waals surface area (Å²) in [5.41, 5.74) is 2.27. The molecular formula is C15H29N5O2. The second kappa shape index (κ2) is 11.0. The van der Waals surface area contributed by atoms with Crippen LogP contribution in [0.4, 0.5) is 0 Å². The Morgan fingerprint density at radius 1 is 1.23 bits per heavy atom. The number of ether oxygens (including phenoxy) is 2. The smallest absolute Gasteiger partial charge is 0.191 e. The molecule has 0 bridgehead atoms. The van der Waals surface area contributed by atoms with Crippen molar-refractivity contribution in [1.29, 1.82) is 0 Å². The summed E-state index contributed by atoms with van der Waals surface area (Å²) in [5.74, 6) is 0.795. The van der Waals surface area contributed by atoms with Crippen molar-refractivity contribution in [1.82, 2.24) is 20.4 Å². The first-order valence-corrected chi connectivity index (χ1v) is 7.69. The molecule has 0 amide bonds. The fourth-order valence-corrected chi connectivity index (χ4v) is 2.04. The minimum Gasteiger partial charge on any atom is -0.382 e. The Hall–Kier alpha value is -1.60. The van der Waals surface area contributed by atoms with Crippen LogP contribution in [-0.4, -0.2) is 62.8 Å². The van der Waals surface area contributed by atoms with Crippen molar-refractivity contribution < 1.29 is 9.47 Å². The van der Waals surface area contributed by atoms with Crippen molar-refractivity contribution >= 4 is 5.96 Å². The van der Waals surface area contributed by atoms with Crippen LogP contribution in [0.1, 0.15) is 17.8 Å². The molecule has 7 heteroatoms. The van der Waals surface area contributed by atoms with E-state index in [-0.39, 0.29) is 0 Å². The van der Waals surface area contributed by atoms with Crippen LogP contribution in [0.25, 0.3) is 0 Å². The molecule has 1 rings (SSSR count). The van der Waals surface area contributed by atoms with Gasteiger partial charge in [0.2, 0.25) is 0 Å². The molecule has 0 atom stereocenters. The summed E-state index contributed by atoms with van der Waals surface area (Å²) >= 11 is 0. The summed E-state index contributed by atoms with van der Waals surface area (Å²) in [5, 5.41) is 10.9. The van der Waals surface area contributed by atoms with Gasteiger partial charge in [-0.05, 0) is 26.3 Å². The van der Waals surface area contributed by atoms with Crippen LogP contribution >= 0.6 is 0 Å². The zero-order valence-electron chi connectivity index (χ0n) is 14.2. The Balaban J connectivity index is 2.10. The molecule has 0 spiro atoms. The van der Waals surface area contributed by atoms with Crippen molar-refractivity contribution in [3.05, 3.63) is 17.5 Å². The van der Waals surface area contributed by atoms with E-state index in [1.165, 1.54) is 5.69 Å². The summed E-state index contributed by atoms with van der Waals surface area (Å²) in [4.78, 5) is 4.18. The van der Waals surface area contributed by atoms with E-state index in [1.807, 2.05) is 11.6 Å². The van der Waals surface area contributed by atoms with E-state index < -0.39 is 0 Å². The van der Waals surface area contributed by atoms with Gasteiger partial charge < -0.3 is 20.1 Å². The molecule has 0 aliphatic carbocycles. The van der Waals surface area contributed by atoms with Gasteiger partial charge in [0, 0.05) is 39.5 Å². The van der Waals surface area contributed by atoms with E-state index in [1.54, 1.807) is 14.2 Å². The second-order valence-corrected chi connectivity index (χ2v) is 5.03. The van der Waals surface area contributed by atoms with Crippen molar-refractivity contribution in [2.24, 2.45) is 4.99 Å². The molecule has 0 fully saturated rings. The van der Waals surface area contributed by atoms with E-state index in [0.29, 0.717) is 19.8 Å². The maximum Gasteiger partial charge on any atom is 0.191 e. The minimum absolute atomic E-state index is 0.618. The van der Waals surface area contributed by atoms with Gasteiger partial charge in [0.25, 0.3) is 0 Å². The van der Waals surface area contributed by atoms with Crippen LogP contribution in [0, 0.1) is 13.8 Å². The molecule has 1 heterocycles. The second-order valence-electron chi connectivity index (χ2n) is 5.03. The minimum atomic E-state index is 0.618. The van der Waals surface area contributed by atoms with E-state index in [2.05, 4.69) is 33.7 Å². The number of methoxy groups -OCH3 is 1. The topological polar surface area (TPSA) is 72.7 Å². The van der Waals surface area contributed by atoms with Crippen LogP contribution in [0.2, 0.25) is 0 Å². The van der Waals surface area contributed by atoms with Gasteiger partial charge >= 0.3 is 0 Å². The molecule has 0 aliphatic rings. The number of aromatic nitrogens is 2. The summed E-state index contributed by atoms with van der Waals surface area (Å²) < 4.78 is 12.3. The summed E-state index contributed by atoms with van der Waals surface area (Å²) in [7, 11) is 3.43. The first kappa shape index (κ1) is 18.4. The molecule has 22 heavy (non-hydrogen) atoms. The van der Waals surface area contributed by atoms with Gasteiger partial charge in [-0.15, -0.1) is 0 Å². The van der Waals surface area contributed by atoms with Crippen LogP contribution in [0.3, 0.4) is 0 Å². The number of nitrogens with zero attached hydrogens (tertiary/aromatic N) is 3. The molecule has 0 saturated heterocycles. The van der Waals surface area contributed by atoms with E-state index >= 15 is 0 Å². The maximum atomic E-state index is 5.39. The predicted molar refractivity (Wildman–Crippen MR) is 88.4 cm³/mol. The average Bonchev–Trinajstić information content (AvgIpc) is 2.82. The standard InChI is InChI=1S/C15H29N5O2/c1-13-12-14(2)20(19-13)8-5-6-17-15(16-3)18-7-9-22-11-10-21-4/h12H,5-11H2,1-4H3,(H2,16,17,18). The number of hydrogen-bond acceptors (Lipinski definition) is 4. The Labute approximate surface area is 133 Å². The number of guanidine groups is 1. The highest BCUT2D eigenvalue weighted by Crippen LogP contribution is 2.02. The van der Waals surface area contributed by atoms with Gasteiger partial charge in [-0.3, -0.25) is 9.67 Å². The quantitative estimate of drug-likeness (QED) is 0.378. The highest BCUT2D eigenvalue weighted by atomic mass is 16.5. The molecule has 0 aromatic carbocycles. The molecule has 126 valence electrons. The Morgan fingerprint density at radius 2 is 2.00 bits per heavy atom. The SMILES string of the molecule is CN=C(NCCCn1nc(C)cc1C)NCCOCCOC. The third kappa shape index (κ3) is 7.42. The van der Waals surface area contributed by atoms with Crippen LogP contribution in [0.5, 0.6) is 0 Å². The number of aliphatic imine (C=N–C) groups is 1. The molecule has 1 aromatic heterocycles. The lowest BCUT2D eigenvalue weighted by molar-refractivity contribution is 0.0733. The fraction of sp³-hybridized carbons (Fsp3) is 0.733. The number of nitrogens with one attached hydrogen (secondary N) is 2. The maximum absolute atomic E-state index is 5.39. The lowest BCUT2D eigenvalue weighted by Gasteiger charge is -2.12. The van der Waals surface area contributed by atoms with E-state index in [4.69, 9.17) is 9.47 Å². The first-order chi connectivity index (χ1) is 10.7. The Kier molecular flexibility index (Phi) is 9.25. The van der Waals surface area contributed by atoms with Crippen molar-refractivity contribution in [2.45, 2.75) is 26.8 Å². The number of aryl methyl sites for hydroxylation is 3. The zero-order valence-corrected chi connectivity index (χ0v) is 14.2. The lowest BCUT2D eigenvalue weighted by Crippen LogP contribution is -2.39. The van der Waals surface area contributed by atoms with E-state index in [9.17, 15) is 0 Å². The molecule has 2 N–H and O–H groups in total. The van der Waals surface area contributed by atoms with Crippen molar-refractivity contribution in [2.75, 3.05) is 47.1 Å². The molecule has 7 nitrogen and oxygen atoms in total. The molecule has 0 saturated carbocycles. The Morgan fingerprint density at radius 3 is 2.64 bits per heavy atom. The predicted octanol–water partition coefficient (Wildman–Crippen LogP) is 0.718. The third-order valence-corrected chi connectivity index (χ3v) is 3.14. The van der Waals surface area contributed by atoms with Gasteiger partial charge in [0.05, 0.1) is 25.5 Å². The van der Waals surface area contributed by atoms with Crippen molar-refractivity contribution in [3.63, 3.8) is 0 Å². The molecule has 0 aliphatic heterocycles. The van der Waals surface area contributed by atoms with E-state index in [0.717, 1.165) is 37.7 Å². The Bertz CT molecular complexity index is 445. The summed E-state index contributed by atoms with van der Waals surface area (Å²) in [6.45, 7) is 8.45. The fourth-order valence-electron chi connectivity index (χ4n) is 2.04. The summed E-state index contributed by atoms with van der Waals surface area (Å²) in [6.07, 6.45) is 0.993. The van der Waals surface area contributed by atoms with Gasteiger partial charge in [-0.2, -0.15) is 5.10 Å². The highest BCUT2D eigenvalue weighted by molar-refractivity contribution is 5.79. The van der Waals surface area contributed by atoms with Crippen molar-refractivity contribution in [3.8, 4) is 0 Å². The number of rotatable bonds is 10. The molecule has 0 unspecified atom stereocenters. The zero-order chi connectivity index (χ0) is 16.2. The third-order valence-electron chi connectivity index (χ3n) is 3.14. The molecule has 0 radical (unpaired) electrons. The van der Waals surface area contributed by atoms with Gasteiger partial charge in [0.1, 0.15) is 0 Å². The number of hydrogen-bond donors (Lipinski definition) is 2. The summed E-state index contributed by atoms with van der Waals surface area (Å²) in [6, 6.07) is 2.09. The van der Waals surface area contributed by atoms with Crippen LogP contribution in [-0.2, 0) is 16.0 Å². The molecule has 1 aromatic rings. The first-order valence-electron chi connectivity index (χ1n) is 7.69. The van der Waals surface area contributed by atoms with Gasteiger partial charge in [-0.1, -0.05) is 0 Å². The van der Waals surface area contributed by atoms with Gasteiger partial charge in [-0.25, -0.2) is 0 Å². The normalized spacial score (nSPS) is 11.7. The van der Waals surface area contributed by atoms with Crippen LogP contribution in [0.15, 0.2) is 11.1 Å². The largest absolute Gasteiger partial charge is 0.382 e. The monoisotopic (exact) mass is 311 g/mol.